The van der Waals surface area contributed by atoms with Gasteiger partial charge in [-0.25, -0.2) is 0 Å². The zero-order valence-electron chi connectivity index (χ0n) is 7.23. The number of hydrogen-bond donors (Lipinski definition) is 0. The summed E-state index contributed by atoms with van der Waals surface area (Å²) >= 11 is 0. The Morgan fingerprint density at radius 1 is 1.23 bits per heavy atom. The van der Waals surface area contributed by atoms with Crippen molar-refractivity contribution in [3.05, 3.63) is 46.8 Å². The fourth-order valence-corrected chi connectivity index (χ4v) is 1.34. The van der Waals surface area contributed by atoms with Crippen LogP contribution in [0.2, 0.25) is 0 Å². The second-order valence-electron chi connectivity index (χ2n) is 2.71. The molecule has 2 rings (SSSR count). The van der Waals surface area contributed by atoms with Gasteiger partial charge in [0.05, 0.1) is 5.52 Å². The predicted molar refractivity (Wildman–Crippen MR) is 50.7 cm³/mol. The lowest BCUT2D eigenvalue weighted by Gasteiger charge is -2.06. The van der Waals surface area contributed by atoms with Crippen molar-refractivity contribution in [1.29, 1.82) is 0 Å². The van der Waals surface area contributed by atoms with E-state index in [1.807, 2.05) is 18.2 Å². The molecule has 0 unspecified atom stereocenters. The number of aromatic nitrogens is 1. The molecule has 0 atom stereocenters. The van der Waals surface area contributed by atoms with Crippen molar-refractivity contribution in [3.8, 4) is 0 Å². The maximum atomic E-state index is 11.4. The lowest BCUT2D eigenvalue weighted by Crippen LogP contribution is -2.11. The fraction of sp³-hybridized carbons (Fsp3) is 0.100. The van der Waals surface area contributed by atoms with Crippen LogP contribution in [0.3, 0.4) is 0 Å². The molecule has 0 N–H and O–H groups in total. The molecule has 3 heteroatoms. The van der Waals surface area contributed by atoms with Crippen LogP contribution >= 0.6 is 0 Å². The van der Waals surface area contributed by atoms with Crippen LogP contribution in [0.25, 0.3) is 10.9 Å². The third-order valence-electron chi connectivity index (χ3n) is 1.96. The molecule has 0 saturated carbocycles. The number of para-hydroxylation sites is 1. The minimum atomic E-state index is 0.0175. The van der Waals surface area contributed by atoms with Crippen LogP contribution < -0.4 is 10.3 Å². The summed E-state index contributed by atoms with van der Waals surface area (Å²) in [5.74, 6) is 0. The standard InChI is InChI=1S/C10H9NO2/c1-13-11-7-6-10(12)8-4-2-3-5-9(8)11/h2-7H,1H3. The molecule has 0 amide bonds. The van der Waals surface area contributed by atoms with E-state index in [2.05, 4.69) is 0 Å². The Balaban J connectivity index is 2.93. The number of fused-ring (bicyclic) bond motifs is 1. The topological polar surface area (TPSA) is 31.2 Å². The smallest absolute Gasteiger partial charge is 0.189 e. The van der Waals surface area contributed by atoms with Crippen LogP contribution in [-0.2, 0) is 0 Å². The quantitative estimate of drug-likeness (QED) is 0.649. The van der Waals surface area contributed by atoms with Crippen LogP contribution in [0, 0.1) is 0 Å². The van der Waals surface area contributed by atoms with Gasteiger partial charge in [-0.2, -0.15) is 4.73 Å². The van der Waals surface area contributed by atoms with E-state index in [1.54, 1.807) is 24.1 Å². The molecule has 3 nitrogen and oxygen atoms in total. The highest BCUT2D eigenvalue weighted by Gasteiger charge is 1.99. The molecular formula is C10H9NO2. The molecule has 0 radical (unpaired) electrons. The van der Waals surface area contributed by atoms with Crippen molar-refractivity contribution >= 4 is 10.9 Å². The monoisotopic (exact) mass is 175 g/mol. The van der Waals surface area contributed by atoms with Crippen molar-refractivity contribution in [2.75, 3.05) is 7.11 Å². The van der Waals surface area contributed by atoms with Gasteiger partial charge >= 0.3 is 0 Å². The normalized spacial score (nSPS) is 10.2. The molecule has 0 bridgehead atoms. The number of pyridine rings is 1. The van der Waals surface area contributed by atoms with Crippen molar-refractivity contribution in [1.82, 2.24) is 4.73 Å². The molecule has 0 aliphatic rings. The van der Waals surface area contributed by atoms with E-state index in [-0.39, 0.29) is 5.43 Å². The van der Waals surface area contributed by atoms with E-state index in [1.165, 1.54) is 6.07 Å². The maximum absolute atomic E-state index is 11.4. The number of benzene rings is 1. The van der Waals surface area contributed by atoms with Crippen molar-refractivity contribution in [2.45, 2.75) is 0 Å². The first kappa shape index (κ1) is 7.86. The highest BCUT2D eigenvalue weighted by atomic mass is 16.6. The third-order valence-corrected chi connectivity index (χ3v) is 1.96. The van der Waals surface area contributed by atoms with Gasteiger partial charge in [-0.1, -0.05) is 12.1 Å². The molecule has 0 saturated heterocycles. The zero-order chi connectivity index (χ0) is 9.26. The minimum Gasteiger partial charge on any atom is -0.417 e. The number of nitrogens with zero attached hydrogens (tertiary/aromatic N) is 1. The first-order valence-corrected chi connectivity index (χ1v) is 3.98. The van der Waals surface area contributed by atoms with Crippen LogP contribution in [0.5, 0.6) is 0 Å². The summed E-state index contributed by atoms with van der Waals surface area (Å²) in [6.07, 6.45) is 1.62. The first-order valence-electron chi connectivity index (χ1n) is 3.98. The van der Waals surface area contributed by atoms with Gasteiger partial charge in [-0.05, 0) is 12.1 Å². The van der Waals surface area contributed by atoms with Crippen LogP contribution in [0.15, 0.2) is 41.3 Å². The SMILES string of the molecule is COn1ccc(=O)c2ccccc21. The summed E-state index contributed by atoms with van der Waals surface area (Å²) in [4.78, 5) is 16.4. The molecule has 0 spiro atoms. The average Bonchev–Trinajstić information content (AvgIpc) is 2.19. The summed E-state index contributed by atoms with van der Waals surface area (Å²) in [7, 11) is 1.57. The fourth-order valence-electron chi connectivity index (χ4n) is 1.34. The Kier molecular flexibility index (Phi) is 1.77. The Hall–Kier alpha value is -1.77. The van der Waals surface area contributed by atoms with Gasteiger partial charge in [-0.3, -0.25) is 4.79 Å². The van der Waals surface area contributed by atoms with Gasteiger partial charge in [0.1, 0.15) is 7.11 Å². The summed E-state index contributed by atoms with van der Waals surface area (Å²) in [6, 6.07) is 8.83. The van der Waals surface area contributed by atoms with E-state index in [4.69, 9.17) is 4.84 Å². The molecule has 1 aromatic carbocycles. The molecule has 66 valence electrons. The van der Waals surface area contributed by atoms with Crippen molar-refractivity contribution in [3.63, 3.8) is 0 Å². The molecule has 0 fully saturated rings. The second kappa shape index (κ2) is 2.94. The van der Waals surface area contributed by atoms with Crippen LogP contribution in [-0.4, -0.2) is 11.8 Å². The third kappa shape index (κ3) is 1.18. The molecular weight excluding hydrogens is 166 g/mol. The number of rotatable bonds is 1. The summed E-state index contributed by atoms with van der Waals surface area (Å²) in [5, 5.41) is 0.673. The van der Waals surface area contributed by atoms with Gasteiger partial charge < -0.3 is 4.84 Å². The molecule has 0 aliphatic carbocycles. The van der Waals surface area contributed by atoms with Gasteiger partial charge in [0.2, 0.25) is 0 Å². The van der Waals surface area contributed by atoms with E-state index in [0.717, 1.165) is 5.52 Å². The Morgan fingerprint density at radius 3 is 2.77 bits per heavy atom. The van der Waals surface area contributed by atoms with Gasteiger partial charge in [0, 0.05) is 17.6 Å². The largest absolute Gasteiger partial charge is 0.417 e. The Morgan fingerprint density at radius 2 is 2.00 bits per heavy atom. The molecule has 2 aromatic rings. The van der Waals surface area contributed by atoms with Gasteiger partial charge in [0.25, 0.3) is 0 Å². The van der Waals surface area contributed by atoms with Gasteiger partial charge in [0.15, 0.2) is 5.43 Å². The van der Waals surface area contributed by atoms with E-state index in [0.29, 0.717) is 5.39 Å². The van der Waals surface area contributed by atoms with E-state index < -0.39 is 0 Å². The summed E-state index contributed by atoms with van der Waals surface area (Å²) < 4.78 is 1.57. The highest BCUT2D eigenvalue weighted by Crippen LogP contribution is 2.07. The lowest BCUT2D eigenvalue weighted by atomic mass is 10.2. The Labute approximate surface area is 75.1 Å². The van der Waals surface area contributed by atoms with Crippen molar-refractivity contribution in [2.24, 2.45) is 0 Å². The number of hydrogen-bond acceptors (Lipinski definition) is 2. The Bertz CT molecular complexity index is 487. The highest BCUT2D eigenvalue weighted by molar-refractivity contribution is 5.78. The average molecular weight is 175 g/mol. The van der Waals surface area contributed by atoms with Crippen LogP contribution in [0.4, 0.5) is 0 Å². The minimum absolute atomic E-state index is 0.0175. The lowest BCUT2D eigenvalue weighted by molar-refractivity contribution is 0.177. The van der Waals surface area contributed by atoms with E-state index in [9.17, 15) is 4.79 Å². The zero-order valence-corrected chi connectivity index (χ0v) is 7.23. The summed E-state index contributed by atoms with van der Waals surface area (Å²) in [5.41, 5.74) is 0.807. The van der Waals surface area contributed by atoms with Crippen molar-refractivity contribution < 1.29 is 4.84 Å². The molecule has 0 aliphatic heterocycles. The predicted octanol–water partition coefficient (Wildman–Crippen LogP) is 1.06. The molecule has 1 heterocycles. The van der Waals surface area contributed by atoms with Gasteiger partial charge in [-0.15, -0.1) is 0 Å². The molecule has 1 aromatic heterocycles. The first-order chi connectivity index (χ1) is 6.33. The molecule has 13 heavy (non-hydrogen) atoms. The maximum Gasteiger partial charge on any atom is 0.189 e. The summed E-state index contributed by atoms with van der Waals surface area (Å²) in [6.45, 7) is 0. The van der Waals surface area contributed by atoms with Crippen LogP contribution in [0.1, 0.15) is 0 Å². The second-order valence-corrected chi connectivity index (χ2v) is 2.71. The van der Waals surface area contributed by atoms with E-state index >= 15 is 0 Å².